The zero-order valence-electron chi connectivity index (χ0n) is 7.73. The summed E-state index contributed by atoms with van der Waals surface area (Å²) in [6.45, 7) is 4.10. The summed E-state index contributed by atoms with van der Waals surface area (Å²) in [6, 6.07) is 0.134. The third kappa shape index (κ3) is 1.61. The Morgan fingerprint density at radius 2 is 2.25 bits per heavy atom. The molecule has 0 aliphatic heterocycles. The van der Waals surface area contributed by atoms with Crippen molar-refractivity contribution in [3.63, 3.8) is 0 Å². The molecule has 0 spiro atoms. The summed E-state index contributed by atoms with van der Waals surface area (Å²) in [5, 5.41) is 11.2. The average molecular weight is 169 g/mol. The van der Waals surface area contributed by atoms with Gasteiger partial charge in [-0.3, -0.25) is 0 Å². The number of rotatable bonds is 3. The van der Waals surface area contributed by atoms with Gasteiger partial charge in [0.05, 0.1) is 0 Å². The molecule has 1 aromatic heterocycles. The lowest BCUT2D eigenvalue weighted by Gasteiger charge is -2.15. The number of hydrogen-bond donors (Lipinski definition) is 1. The van der Waals surface area contributed by atoms with Crippen molar-refractivity contribution < 1.29 is 0 Å². The second-order valence-corrected chi connectivity index (χ2v) is 3.02. The van der Waals surface area contributed by atoms with E-state index < -0.39 is 0 Å². The smallest absolute Gasteiger partial charge is 0.155 e. The van der Waals surface area contributed by atoms with Crippen LogP contribution in [-0.2, 0) is 7.05 Å². The first-order valence-corrected chi connectivity index (χ1v) is 4.14. The van der Waals surface area contributed by atoms with Gasteiger partial charge in [0.1, 0.15) is 0 Å². The van der Waals surface area contributed by atoms with Gasteiger partial charge in [-0.15, -0.1) is 5.10 Å². The van der Waals surface area contributed by atoms with E-state index in [1.165, 1.54) is 0 Å². The minimum absolute atomic E-state index is 0.134. The molecule has 0 radical (unpaired) electrons. The highest BCUT2D eigenvalue weighted by atomic mass is 15.5. The Kier molecular flexibility index (Phi) is 2.75. The molecule has 2 atom stereocenters. The van der Waals surface area contributed by atoms with Gasteiger partial charge < -0.3 is 5.73 Å². The Hall–Kier alpha value is -0.970. The molecule has 0 saturated carbocycles. The predicted molar refractivity (Wildman–Crippen MR) is 45.5 cm³/mol. The Bertz CT molecular complexity index is 244. The molecule has 0 aliphatic carbocycles. The second-order valence-electron chi connectivity index (χ2n) is 3.02. The lowest BCUT2D eigenvalue weighted by atomic mass is 10.00. The third-order valence-electron chi connectivity index (χ3n) is 2.17. The van der Waals surface area contributed by atoms with E-state index >= 15 is 0 Å². The van der Waals surface area contributed by atoms with Crippen LogP contribution in [0.3, 0.4) is 0 Å². The van der Waals surface area contributed by atoms with Gasteiger partial charge in [-0.25, -0.2) is 4.68 Å². The largest absolute Gasteiger partial charge is 0.327 e. The molecule has 1 rings (SSSR count). The molecule has 2 N–H and O–H groups in total. The van der Waals surface area contributed by atoms with Gasteiger partial charge in [0.2, 0.25) is 0 Å². The number of aryl methyl sites for hydroxylation is 1. The predicted octanol–water partition coefficient (Wildman–Crippen LogP) is 0.0509. The zero-order chi connectivity index (χ0) is 9.14. The van der Waals surface area contributed by atoms with Crippen LogP contribution in [0.15, 0.2) is 0 Å². The molecule has 0 amide bonds. The Morgan fingerprint density at radius 1 is 1.58 bits per heavy atom. The monoisotopic (exact) mass is 169 g/mol. The zero-order valence-corrected chi connectivity index (χ0v) is 7.73. The van der Waals surface area contributed by atoms with Crippen LogP contribution in [0.2, 0.25) is 0 Å². The molecular weight excluding hydrogens is 154 g/mol. The van der Waals surface area contributed by atoms with E-state index in [4.69, 9.17) is 5.73 Å². The van der Waals surface area contributed by atoms with Crippen LogP contribution < -0.4 is 5.73 Å². The molecule has 68 valence electrons. The Labute approximate surface area is 71.9 Å². The van der Waals surface area contributed by atoms with Gasteiger partial charge in [-0.2, -0.15) is 0 Å². The second kappa shape index (κ2) is 3.62. The highest BCUT2D eigenvalue weighted by Crippen LogP contribution is 2.15. The summed E-state index contributed by atoms with van der Waals surface area (Å²) in [6.07, 6.45) is 0.939. The van der Waals surface area contributed by atoms with E-state index in [1.807, 2.05) is 14.0 Å². The summed E-state index contributed by atoms with van der Waals surface area (Å²) in [5.41, 5.74) is 5.87. The number of nitrogens with zero attached hydrogens (tertiary/aromatic N) is 4. The maximum absolute atomic E-state index is 5.87. The van der Waals surface area contributed by atoms with Crippen LogP contribution >= 0.6 is 0 Å². The van der Waals surface area contributed by atoms with E-state index in [-0.39, 0.29) is 12.0 Å². The molecule has 5 nitrogen and oxygen atoms in total. The fourth-order valence-corrected chi connectivity index (χ4v) is 1.17. The summed E-state index contributed by atoms with van der Waals surface area (Å²) in [4.78, 5) is 0. The highest BCUT2D eigenvalue weighted by molar-refractivity contribution is 4.95. The van der Waals surface area contributed by atoms with Crippen LogP contribution in [-0.4, -0.2) is 26.2 Å². The van der Waals surface area contributed by atoms with E-state index in [0.29, 0.717) is 0 Å². The van der Waals surface area contributed by atoms with Gasteiger partial charge in [0, 0.05) is 19.0 Å². The van der Waals surface area contributed by atoms with Crippen LogP contribution in [0.25, 0.3) is 0 Å². The van der Waals surface area contributed by atoms with E-state index in [9.17, 15) is 0 Å². The van der Waals surface area contributed by atoms with Gasteiger partial charge >= 0.3 is 0 Å². The average Bonchev–Trinajstić information content (AvgIpc) is 2.48. The molecule has 2 unspecified atom stereocenters. The van der Waals surface area contributed by atoms with Crippen LogP contribution in [0.1, 0.15) is 32.0 Å². The van der Waals surface area contributed by atoms with Crippen LogP contribution in [0, 0.1) is 0 Å². The SMILES string of the molecule is CCC(N)C(C)c1nnnn1C. The van der Waals surface area contributed by atoms with Gasteiger partial charge in [-0.1, -0.05) is 13.8 Å². The molecule has 1 aromatic rings. The van der Waals surface area contributed by atoms with Crippen molar-refractivity contribution in [2.45, 2.75) is 32.2 Å². The van der Waals surface area contributed by atoms with Crippen molar-refractivity contribution in [3.8, 4) is 0 Å². The molecular formula is C7H15N5. The minimum Gasteiger partial charge on any atom is -0.327 e. The molecule has 0 saturated heterocycles. The molecule has 1 heterocycles. The summed E-state index contributed by atoms with van der Waals surface area (Å²) < 4.78 is 1.67. The van der Waals surface area contributed by atoms with E-state index in [2.05, 4.69) is 22.4 Å². The normalized spacial score (nSPS) is 16.0. The molecule has 5 heteroatoms. The molecule has 0 aromatic carbocycles. The molecule has 0 fully saturated rings. The summed E-state index contributed by atoms with van der Waals surface area (Å²) in [7, 11) is 1.83. The summed E-state index contributed by atoms with van der Waals surface area (Å²) >= 11 is 0. The van der Waals surface area contributed by atoms with Crippen molar-refractivity contribution in [1.82, 2.24) is 20.2 Å². The van der Waals surface area contributed by atoms with Crippen molar-refractivity contribution in [2.75, 3.05) is 0 Å². The summed E-state index contributed by atoms with van der Waals surface area (Å²) in [5.74, 6) is 1.07. The number of aromatic nitrogens is 4. The lowest BCUT2D eigenvalue weighted by molar-refractivity contribution is 0.505. The highest BCUT2D eigenvalue weighted by Gasteiger charge is 2.17. The van der Waals surface area contributed by atoms with Crippen LogP contribution in [0.5, 0.6) is 0 Å². The molecule has 12 heavy (non-hydrogen) atoms. The lowest BCUT2D eigenvalue weighted by Crippen LogP contribution is -2.27. The maximum Gasteiger partial charge on any atom is 0.155 e. The first-order valence-electron chi connectivity index (χ1n) is 4.14. The Balaban J connectivity index is 2.77. The van der Waals surface area contributed by atoms with E-state index in [1.54, 1.807) is 4.68 Å². The van der Waals surface area contributed by atoms with Crippen molar-refractivity contribution in [3.05, 3.63) is 5.82 Å². The molecule has 0 bridgehead atoms. The first-order chi connectivity index (χ1) is 5.66. The van der Waals surface area contributed by atoms with Crippen molar-refractivity contribution in [2.24, 2.45) is 12.8 Å². The van der Waals surface area contributed by atoms with Gasteiger partial charge in [0.25, 0.3) is 0 Å². The van der Waals surface area contributed by atoms with E-state index in [0.717, 1.165) is 12.2 Å². The number of nitrogens with two attached hydrogens (primary N) is 1. The minimum atomic E-state index is 0.134. The quantitative estimate of drug-likeness (QED) is 0.694. The van der Waals surface area contributed by atoms with Crippen molar-refractivity contribution >= 4 is 0 Å². The van der Waals surface area contributed by atoms with Gasteiger partial charge in [-0.05, 0) is 16.8 Å². The fourth-order valence-electron chi connectivity index (χ4n) is 1.17. The number of tetrazole rings is 1. The Morgan fingerprint density at radius 3 is 2.67 bits per heavy atom. The standard InChI is InChI=1S/C7H15N5/c1-4-6(8)5(2)7-9-10-11-12(7)3/h5-6H,4,8H2,1-3H3. The maximum atomic E-state index is 5.87. The third-order valence-corrected chi connectivity index (χ3v) is 2.17. The van der Waals surface area contributed by atoms with Crippen LogP contribution in [0.4, 0.5) is 0 Å². The topological polar surface area (TPSA) is 69.6 Å². The number of hydrogen-bond acceptors (Lipinski definition) is 4. The van der Waals surface area contributed by atoms with Gasteiger partial charge in [0.15, 0.2) is 5.82 Å². The molecule has 0 aliphatic rings. The van der Waals surface area contributed by atoms with Crippen molar-refractivity contribution in [1.29, 1.82) is 0 Å². The first kappa shape index (κ1) is 9.12. The fraction of sp³-hybridized carbons (Fsp3) is 0.857.